The minimum absolute atomic E-state index is 0.0384. The maximum absolute atomic E-state index is 11.3. The number of sulfone groups is 1. The van der Waals surface area contributed by atoms with Crippen molar-refractivity contribution in [2.24, 2.45) is 5.84 Å². The van der Waals surface area contributed by atoms with Crippen LogP contribution in [-0.2, 0) is 16.3 Å². The van der Waals surface area contributed by atoms with Gasteiger partial charge in [-0.2, -0.15) is 0 Å². The van der Waals surface area contributed by atoms with E-state index in [9.17, 15) is 8.42 Å². The SMILES string of the molecule is CS(=O)(=O)CC(NN)c1cccc2c1OCC2. The molecule has 1 aliphatic rings. The normalized spacial score (nSPS) is 16.4. The summed E-state index contributed by atoms with van der Waals surface area (Å²) in [5, 5.41) is 0. The Hall–Kier alpha value is -1.11. The third-order valence-corrected chi connectivity index (χ3v) is 3.73. The van der Waals surface area contributed by atoms with E-state index in [-0.39, 0.29) is 5.75 Å². The van der Waals surface area contributed by atoms with Crippen LogP contribution in [0.5, 0.6) is 5.75 Å². The number of nitrogens with two attached hydrogens (primary N) is 1. The van der Waals surface area contributed by atoms with E-state index in [0.717, 1.165) is 23.3 Å². The van der Waals surface area contributed by atoms with Gasteiger partial charge in [0, 0.05) is 18.2 Å². The molecule has 0 spiro atoms. The van der Waals surface area contributed by atoms with Gasteiger partial charge in [0.2, 0.25) is 0 Å². The van der Waals surface area contributed by atoms with Crippen molar-refractivity contribution in [3.8, 4) is 5.75 Å². The predicted octanol–water partition coefficient (Wildman–Crippen LogP) is 0.171. The fourth-order valence-corrected chi connectivity index (χ4v) is 2.93. The molecular formula is C11H16N2O3S. The highest BCUT2D eigenvalue weighted by atomic mass is 32.2. The van der Waals surface area contributed by atoms with Crippen LogP contribution in [0.25, 0.3) is 0 Å². The van der Waals surface area contributed by atoms with E-state index in [1.54, 1.807) is 0 Å². The monoisotopic (exact) mass is 256 g/mol. The number of hydrogen-bond acceptors (Lipinski definition) is 5. The number of hydrazine groups is 1. The minimum atomic E-state index is -3.10. The molecule has 2 rings (SSSR count). The van der Waals surface area contributed by atoms with Crippen LogP contribution in [0.4, 0.5) is 0 Å². The first-order chi connectivity index (χ1) is 8.01. The number of fused-ring (bicyclic) bond motifs is 1. The lowest BCUT2D eigenvalue weighted by Gasteiger charge is -2.17. The third kappa shape index (κ3) is 2.77. The van der Waals surface area contributed by atoms with Crippen molar-refractivity contribution >= 4 is 9.84 Å². The number of rotatable bonds is 4. The zero-order valence-corrected chi connectivity index (χ0v) is 10.5. The molecule has 1 heterocycles. The van der Waals surface area contributed by atoms with Gasteiger partial charge in [-0.25, -0.2) is 8.42 Å². The van der Waals surface area contributed by atoms with Gasteiger partial charge < -0.3 is 4.74 Å². The number of para-hydroxylation sites is 1. The van der Waals surface area contributed by atoms with E-state index >= 15 is 0 Å². The van der Waals surface area contributed by atoms with E-state index < -0.39 is 15.9 Å². The summed E-state index contributed by atoms with van der Waals surface area (Å²) in [5.41, 5.74) is 4.47. The molecule has 94 valence electrons. The Balaban J connectivity index is 2.35. The van der Waals surface area contributed by atoms with Gasteiger partial charge in [0.1, 0.15) is 15.6 Å². The van der Waals surface area contributed by atoms with E-state index in [1.807, 2.05) is 18.2 Å². The van der Waals surface area contributed by atoms with Gasteiger partial charge in [-0.05, 0) is 5.56 Å². The van der Waals surface area contributed by atoms with Gasteiger partial charge in [0.25, 0.3) is 0 Å². The molecule has 17 heavy (non-hydrogen) atoms. The van der Waals surface area contributed by atoms with Crippen molar-refractivity contribution in [3.05, 3.63) is 29.3 Å². The zero-order valence-electron chi connectivity index (χ0n) is 9.64. The van der Waals surface area contributed by atoms with E-state index in [0.29, 0.717) is 6.61 Å². The minimum Gasteiger partial charge on any atom is -0.493 e. The van der Waals surface area contributed by atoms with E-state index in [4.69, 9.17) is 10.6 Å². The summed E-state index contributed by atoms with van der Waals surface area (Å²) in [6, 6.07) is 5.30. The fourth-order valence-electron chi connectivity index (χ4n) is 2.05. The number of hydrogen-bond donors (Lipinski definition) is 2. The Labute approximate surface area is 101 Å². The van der Waals surface area contributed by atoms with Crippen LogP contribution in [0.2, 0.25) is 0 Å². The molecule has 6 heteroatoms. The summed E-state index contributed by atoms with van der Waals surface area (Å²) in [6.07, 6.45) is 2.06. The first-order valence-corrected chi connectivity index (χ1v) is 7.46. The largest absolute Gasteiger partial charge is 0.493 e. The molecular weight excluding hydrogens is 240 g/mol. The highest BCUT2D eigenvalue weighted by Crippen LogP contribution is 2.33. The predicted molar refractivity (Wildman–Crippen MR) is 65.4 cm³/mol. The molecule has 0 radical (unpaired) electrons. The van der Waals surface area contributed by atoms with Crippen LogP contribution in [-0.4, -0.2) is 27.0 Å². The van der Waals surface area contributed by atoms with Gasteiger partial charge in [-0.3, -0.25) is 11.3 Å². The molecule has 0 fully saturated rings. The highest BCUT2D eigenvalue weighted by Gasteiger charge is 2.23. The lowest BCUT2D eigenvalue weighted by molar-refractivity contribution is 0.349. The lowest BCUT2D eigenvalue weighted by Crippen LogP contribution is -2.33. The zero-order chi connectivity index (χ0) is 12.5. The van der Waals surface area contributed by atoms with Gasteiger partial charge in [0.15, 0.2) is 0 Å². The Morgan fingerprint density at radius 1 is 1.53 bits per heavy atom. The van der Waals surface area contributed by atoms with Crippen LogP contribution in [0.1, 0.15) is 17.2 Å². The Morgan fingerprint density at radius 2 is 2.29 bits per heavy atom. The highest BCUT2D eigenvalue weighted by molar-refractivity contribution is 7.90. The third-order valence-electron chi connectivity index (χ3n) is 2.79. The summed E-state index contributed by atoms with van der Waals surface area (Å²) in [7, 11) is -3.10. The lowest BCUT2D eigenvalue weighted by atomic mass is 10.0. The summed E-state index contributed by atoms with van der Waals surface area (Å²) in [5.74, 6) is 6.17. The number of benzene rings is 1. The second kappa shape index (κ2) is 4.64. The molecule has 1 atom stereocenters. The van der Waals surface area contributed by atoms with Crippen LogP contribution < -0.4 is 16.0 Å². The maximum Gasteiger partial charge on any atom is 0.149 e. The van der Waals surface area contributed by atoms with Crippen molar-refractivity contribution in [1.29, 1.82) is 0 Å². The quantitative estimate of drug-likeness (QED) is 0.593. The van der Waals surface area contributed by atoms with Gasteiger partial charge >= 0.3 is 0 Å². The molecule has 0 aromatic heterocycles. The molecule has 5 nitrogen and oxygen atoms in total. The second-order valence-electron chi connectivity index (χ2n) is 4.25. The Kier molecular flexibility index (Phi) is 3.37. The molecule has 0 bridgehead atoms. The summed E-state index contributed by atoms with van der Waals surface area (Å²) < 4.78 is 28.2. The summed E-state index contributed by atoms with van der Waals surface area (Å²) in [6.45, 7) is 0.641. The molecule has 3 N–H and O–H groups in total. The van der Waals surface area contributed by atoms with Crippen LogP contribution in [0.3, 0.4) is 0 Å². The molecule has 0 saturated carbocycles. The van der Waals surface area contributed by atoms with Crippen LogP contribution in [0.15, 0.2) is 18.2 Å². The smallest absolute Gasteiger partial charge is 0.149 e. The van der Waals surface area contributed by atoms with Gasteiger partial charge in [-0.15, -0.1) is 0 Å². The summed E-state index contributed by atoms with van der Waals surface area (Å²) in [4.78, 5) is 0. The molecule has 1 unspecified atom stereocenters. The van der Waals surface area contributed by atoms with Crippen molar-refractivity contribution in [1.82, 2.24) is 5.43 Å². The number of nitrogens with one attached hydrogen (secondary N) is 1. The average molecular weight is 256 g/mol. The van der Waals surface area contributed by atoms with Gasteiger partial charge in [-0.1, -0.05) is 18.2 Å². The van der Waals surface area contributed by atoms with Crippen LogP contribution in [0, 0.1) is 0 Å². The fraction of sp³-hybridized carbons (Fsp3) is 0.455. The Bertz CT molecular complexity index is 513. The number of ether oxygens (including phenoxy) is 1. The van der Waals surface area contributed by atoms with Crippen molar-refractivity contribution in [2.45, 2.75) is 12.5 Å². The van der Waals surface area contributed by atoms with Crippen LogP contribution >= 0.6 is 0 Å². The first kappa shape index (κ1) is 12.3. The molecule has 0 saturated heterocycles. The topological polar surface area (TPSA) is 81.4 Å². The summed E-state index contributed by atoms with van der Waals surface area (Å²) >= 11 is 0. The van der Waals surface area contributed by atoms with Crippen molar-refractivity contribution in [3.63, 3.8) is 0 Å². The molecule has 0 aliphatic carbocycles. The Morgan fingerprint density at radius 3 is 2.94 bits per heavy atom. The second-order valence-corrected chi connectivity index (χ2v) is 6.43. The van der Waals surface area contributed by atoms with Crippen molar-refractivity contribution < 1.29 is 13.2 Å². The maximum atomic E-state index is 11.3. The standard InChI is InChI=1S/C11H16N2O3S/c1-17(14,15)7-10(13-12)9-4-2-3-8-5-6-16-11(8)9/h2-4,10,13H,5-7,12H2,1H3. The van der Waals surface area contributed by atoms with Gasteiger partial charge in [0.05, 0.1) is 18.4 Å². The molecule has 0 amide bonds. The average Bonchev–Trinajstić information content (AvgIpc) is 2.72. The molecule has 1 aromatic carbocycles. The molecule has 1 aromatic rings. The molecule has 1 aliphatic heterocycles. The van der Waals surface area contributed by atoms with Crippen molar-refractivity contribution in [2.75, 3.05) is 18.6 Å². The first-order valence-electron chi connectivity index (χ1n) is 5.39. The van der Waals surface area contributed by atoms with E-state index in [2.05, 4.69) is 5.43 Å². The van der Waals surface area contributed by atoms with E-state index in [1.165, 1.54) is 6.26 Å².